The highest BCUT2D eigenvalue weighted by molar-refractivity contribution is 6.02. The molecule has 8 rings (SSSR count). The zero-order valence-corrected chi connectivity index (χ0v) is 34.9. The van der Waals surface area contributed by atoms with Crippen LogP contribution in [0.15, 0.2) is 48.7 Å². The van der Waals surface area contributed by atoms with Gasteiger partial charge >= 0.3 is 5.92 Å². The molecule has 4 N–H and O–H groups in total. The van der Waals surface area contributed by atoms with E-state index in [0.717, 1.165) is 43.7 Å². The summed E-state index contributed by atoms with van der Waals surface area (Å²) in [6.07, 6.45) is 4.20. The molecule has 4 fully saturated rings. The number of benzene rings is 2. The predicted molar refractivity (Wildman–Crippen MR) is 223 cm³/mol. The van der Waals surface area contributed by atoms with Gasteiger partial charge in [-0.25, -0.2) is 9.99 Å². The number of carbonyl (C=O) groups excluding carboxylic acids is 4. The lowest BCUT2D eigenvalue weighted by Crippen LogP contribution is -2.64. The normalized spacial score (nSPS) is 22.1. The number of rotatable bonds is 9. The number of aliphatic hydroxyl groups is 1. The van der Waals surface area contributed by atoms with Gasteiger partial charge in [-0.3, -0.25) is 29.5 Å². The number of likely N-dealkylation sites (tertiary alicyclic amines) is 2. The van der Waals surface area contributed by atoms with E-state index in [2.05, 4.69) is 30.9 Å². The van der Waals surface area contributed by atoms with Crippen molar-refractivity contribution in [2.45, 2.75) is 70.3 Å². The number of anilines is 5. The first-order valence-electron chi connectivity index (χ1n) is 20.8. The second-order valence-corrected chi connectivity index (χ2v) is 17.0. The topological polar surface area (TPSA) is 179 Å². The molecule has 0 radical (unpaired) electrons. The first kappa shape index (κ1) is 42.0. The van der Waals surface area contributed by atoms with E-state index < -0.39 is 24.7 Å². The Labute approximate surface area is 353 Å². The third-order valence-corrected chi connectivity index (χ3v) is 12.7. The summed E-state index contributed by atoms with van der Waals surface area (Å²) in [7, 11) is 2.76. The van der Waals surface area contributed by atoms with Crippen molar-refractivity contribution in [3.8, 4) is 5.75 Å². The number of methoxy groups -OCH3 is 1. The molecule has 17 nitrogen and oxygen atoms in total. The van der Waals surface area contributed by atoms with Gasteiger partial charge < -0.3 is 40.1 Å². The van der Waals surface area contributed by atoms with Gasteiger partial charge in [0.1, 0.15) is 11.4 Å². The molecular weight excluding hydrogens is 793 g/mol. The lowest BCUT2D eigenvalue weighted by Gasteiger charge is -2.57. The Hall–Kier alpha value is -5.66. The van der Waals surface area contributed by atoms with Crippen molar-refractivity contribution in [1.29, 1.82) is 0 Å². The molecule has 5 aliphatic heterocycles. The van der Waals surface area contributed by atoms with E-state index in [-0.39, 0.29) is 53.1 Å². The second-order valence-electron chi connectivity index (χ2n) is 17.0. The van der Waals surface area contributed by atoms with Crippen molar-refractivity contribution in [3.63, 3.8) is 0 Å². The molecular formula is C42H53F2N11O6. The number of hydrazine groups is 1. The summed E-state index contributed by atoms with van der Waals surface area (Å²) >= 11 is 0. The van der Waals surface area contributed by atoms with Crippen LogP contribution in [0.2, 0.25) is 0 Å². The number of halogens is 2. The standard InChI is InChI=1S/C42H53F2N11O6/c1-26(2)55-25-42(43,44)38(59)50(3)32-22-45-39(48-35(32)55)46-31-9-8-27(21-33(31)61-4)36(57)49-53-15-10-29(11-16-53)52-23-41(24-52)13-18-51(19-14-41)37(58)28-6-5-7-30(20-28)54-17-12-34(56)47-40(54)60/h5-9,20-22,26,29,40,60H,10-19,23-25H2,1-4H3,(H,47,56)(H,49,57)(H,45,46,48). The number of nitrogens with one attached hydrogen (secondary N) is 3. The third-order valence-electron chi connectivity index (χ3n) is 12.7. The quantitative estimate of drug-likeness (QED) is 0.248. The van der Waals surface area contributed by atoms with Gasteiger partial charge in [0.15, 0.2) is 5.82 Å². The van der Waals surface area contributed by atoms with E-state index in [4.69, 9.17) is 4.74 Å². The molecule has 4 amide bonds. The molecule has 3 aromatic rings. The van der Waals surface area contributed by atoms with Gasteiger partial charge in [0.2, 0.25) is 18.2 Å². The molecule has 1 unspecified atom stereocenters. The zero-order valence-electron chi connectivity index (χ0n) is 34.9. The van der Waals surface area contributed by atoms with Crippen LogP contribution < -0.4 is 35.5 Å². The van der Waals surface area contributed by atoms with Gasteiger partial charge in [0.25, 0.3) is 17.7 Å². The minimum atomic E-state index is -3.60. The summed E-state index contributed by atoms with van der Waals surface area (Å²) in [6, 6.07) is 12.2. The van der Waals surface area contributed by atoms with Crippen molar-refractivity contribution in [2.75, 3.05) is 86.5 Å². The van der Waals surface area contributed by atoms with Crippen LogP contribution in [-0.4, -0.2) is 144 Å². The lowest BCUT2D eigenvalue weighted by atomic mass is 9.71. The Morgan fingerprint density at radius 1 is 0.984 bits per heavy atom. The Balaban J connectivity index is 0.806. The molecule has 1 atom stereocenters. The predicted octanol–water partition coefficient (Wildman–Crippen LogP) is 3.00. The summed E-state index contributed by atoms with van der Waals surface area (Å²) in [5.74, 6) is -4.78. The molecule has 1 spiro atoms. The number of hydrogen-bond donors (Lipinski definition) is 4. The fraction of sp³-hybridized carbons (Fsp3) is 0.524. The van der Waals surface area contributed by atoms with Crippen LogP contribution in [0.3, 0.4) is 0 Å². The van der Waals surface area contributed by atoms with E-state index in [1.165, 1.54) is 25.3 Å². The fourth-order valence-corrected chi connectivity index (χ4v) is 9.10. The van der Waals surface area contributed by atoms with E-state index in [1.54, 1.807) is 49.1 Å². The Morgan fingerprint density at radius 3 is 2.41 bits per heavy atom. The van der Waals surface area contributed by atoms with Crippen molar-refractivity contribution in [2.24, 2.45) is 5.41 Å². The number of hydrogen-bond acceptors (Lipinski definition) is 13. The molecule has 61 heavy (non-hydrogen) atoms. The van der Waals surface area contributed by atoms with Crippen LogP contribution in [0.5, 0.6) is 5.75 Å². The van der Waals surface area contributed by atoms with E-state index in [0.29, 0.717) is 67.0 Å². The second kappa shape index (κ2) is 16.7. The van der Waals surface area contributed by atoms with E-state index >= 15 is 0 Å². The van der Waals surface area contributed by atoms with Gasteiger partial charge in [0.05, 0.1) is 25.5 Å². The van der Waals surface area contributed by atoms with Crippen LogP contribution in [0.25, 0.3) is 0 Å². The smallest absolute Gasteiger partial charge is 0.342 e. The average Bonchev–Trinajstić information content (AvgIpc) is 3.31. The molecule has 1 aromatic heterocycles. The fourth-order valence-electron chi connectivity index (χ4n) is 9.10. The van der Waals surface area contributed by atoms with Gasteiger partial charge in [0, 0.05) is 88.2 Å². The summed E-state index contributed by atoms with van der Waals surface area (Å²) in [5, 5.41) is 17.9. The van der Waals surface area contributed by atoms with Gasteiger partial charge in [-0.15, -0.1) is 0 Å². The first-order valence-corrected chi connectivity index (χ1v) is 20.8. The maximum Gasteiger partial charge on any atom is 0.342 e. The molecule has 19 heteroatoms. The number of piperidine rings is 2. The first-order chi connectivity index (χ1) is 29.1. The van der Waals surface area contributed by atoms with Crippen molar-refractivity contribution in [3.05, 3.63) is 59.8 Å². The number of amides is 4. The van der Waals surface area contributed by atoms with E-state index in [1.807, 2.05) is 22.0 Å². The maximum absolute atomic E-state index is 14.8. The van der Waals surface area contributed by atoms with Crippen LogP contribution in [-0.2, 0) is 9.59 Å². The molecule has 6 heterocycles. The third kappa shape index (κ3) is 8.50. The number of ether oxygens (including phenoxy) is 1. The molecule has 0 aliphatic carbocycles. The molecule has 326 valence electrons. The van der Waals surface area contributed by atoms with Crippen LogP contribution in [0.1, 0.15) is 66.7 Å². The summed E-state index contributed by atoms with van der Waals surface area (Å²) < 4.78 is 35.1. The number of carbonyl (C=O) groups is 4. The molecule has 2 aromatic carbocycles. The number of alkyl halides is 2. The van der Waals surface area contributed by atoms with E-state index in [9.17, 15) is 33.1 Å². The molecule has 5 aliphatic rings. The Kier molecular flexibility index (Phi) is 11.5. The minimum absolute atomic E-state index is 0.0235. The summed E-state index contributed by atoms with van der Waals surface area (Å²) in [5.41, 5.74) is 5.52. The number of nitrogens with zero attached hydrogens (tertiary/aromatic N) is 8. The average molecular weight is 846 g/mol. The Bertz CT molecular complexity index is 2170. The van der Waals surface area contributed by atoms with Crippen LogP contribution in [0, 0.1) is 5.41 Å². The largest absolute Gasteiger partial charge is 0.495 e. The van der Waals surface area contributed by atoms with Gasteiger partial charge in [-0.2, -0.15) is 13.8 Å². The highest BCUT2D eigenvalue weighted by Gasteiger charge is 2.49. The zero-order chi connectivity index (χ0) is 43.2. The number of aliphatic hydroxyl groups excluding tert-OH is 1. The van der Waals surface area contributed by atoms with Crippen LogP contribution >= 0.6 is 0 Å². The van der Waals surface area contributed by atoms with Crippen molar-refractivity contribution < 1.29 is 37.8 Å². The lowest BCUT2D eigenvalue weighted by molar-refractivity contribution is -0.140. The summed E-state index contributed by atoms with van der Waals surface area (Å²) in [4.78, 5) is 68.3. The maximum atomic E-state index is 14.8. The summed E-state index contributed by atoms with van der Waals surface area (Å²) in [6.45, 7) is 7.84. The molecule has 4 saturated heterocycles. The Morgan fingerprint density at radius 2 is 1.72 bits per heavy atom. The van der Waals surface area contributed by atoms with Gasteiger partial charge in [-0.1, -0.05) is 6.07 Å². The van der Waals surface area contributed by atoms with Gasteiger partial charge in [-0.05, 0) is 81.3 Å². The molecule has 0 saturated carbocycles. The van der Waals surface area contributed by atoms with Crippen molar-refractivity contribution in [1.82, 2.24) is 35.5 Å². The highest BCUT2D eigenvalue weighted by Crippen LogP contribution is 2.43. The SMILES string of the molecule is COc1cc(C(=O)NN2CCC(N3CC4(CCN(C(=O)c5cccc(N6CCC(=O)NC6O)c5)CC4)C3)CC2)ccc1Nc1ncc2c(n1)N(C(C)C)CC(F)(F)C(=O)N2C. The number of fused-ring (bicyclic) bond motifs is 1. The minimum Gasteiger partial charge on any atom is -0.495 e. The highest BCUT2D eigenvalue weighted by atomic mass is 19.3. The monoisotopic (exact) mass is 845 g/mol. The molecule has 0 bridgehead atoms. The van der Waals surface area contributed by atoms with Crippen LogP contribution in [0.4, 0.5) is 37.6 Å². The van der Waals surface area contributed by atoms with Crippen molar-refractivity contribution >= 4 is 52.5 Å². The number of aromatic nitrogens is 2.